The molecule has 0 saturated heterocycles. The maximum atomic E-state index is 12.6. The van der Waals surface area contributed by atoms with Gasteiger partial charge in [0.05, 0.1) is 5.69 Å². The Labute approximate surface area is 112 Å². The molecule has 0 saturated carbocycles. The molecule has 3 heterocycles. The van der Waals surface area contributed by atoms with Crippen molar-refractivity contribution in [2.75, 3.05) is 0 Å². The van der Waals surface area contributed by atoms with Gasteiger partial charge in [0.15, 0.2) is 5.52 Å². The highest BCUT2D eigenvalue weighted by atomic mass is 16.1. The first-order valence-corrected chi connectivity index (χ1v) is 6.12. The van der Waals surface area contributed by atoms with Gasteiger partial charge in [-0.2, -0.15) is 15.4 Å². The first kappa shape index (κ1) is 10.9. The fourth-order valence-electron chi connectivity index (χ4n) is 2.35. The van der Waals surface area contributed by atoms with Gasteiger partial charge in [-0.3, -0.25) is 9.36 Å². The molecule has 6 nitrogen and oxygen atoms in total. The van der Waals surface area contributed by atoms with E-state index in [0.717, 1.165) is 11.1 Å². The number of hydrogen-bond donors (Lipinski definition) is 1. The highest BCUT2D eigenvalue weighted by molar-refractivity contribution is 6.00. The van der Waals surface area contributed by atoms with E-state index < -0.39 is 0 Å². The molecule has 0 aliphatic rings. The van der Waals surface area contributed by atoms with Crippen molar-refractivity contribution in [3.63, 3.8) is 0 Å². The number of aromatic amines is 1. The van der Waals surface area contributed by atoms with Crippen LogP contribution in [0, 0.1) is 0 Å². The van der Waals surface area contributed by atoms with Crippen LogP contribution in [0.1, 0.15) is 0 Å². The molecule has 0 aliphatic heterocycles. The second kappa shape index (κ2) is 3.99. The van der Waals surface area contributed by atoms with Crippen LogP contribution < -0.4 is 5.56 Å². The number of para-hydroxylation sites is 1. The average molecular weight is 263 g/mol. The molecule has 96 valence electrons. The van der Waals surface area contributed by atoms with Gasteiger partial charge >= 0.3 is 0 Å². The number of H-pyrrole nitrogens is 1. The zero-order valence-corrected chi connectivity index (χ0v) is 10.3. The van der Waals surface area contributed by atoms with E-state index in [1.165, 1.54) is 0 Å². The molecule has 6 heteroatoms. The maximum Gasteiger partial charge on any atom is 0.286 e. The zero-order chi connectivity index (χ0) is 13.5. The summed E-state index contributed by atoms with van der Waals surface area (Å²) >= 11 is 0. The molecule has 4 rings (SSSR count). The minimum atomic E-state index is -0.230. The lowest BCUT2D eigenvalue weighted by atomic mass is 10.2. The SMILES string of the molecule is O=c1c2n[nH]nc2c2cccnc2n1-c1ccccc1. The second-order valence-electron chi connectivity index (χ2n) is 4.37. The van der Waals surface area contributed by atoms with Gasteiger partial charge < -0.3 is 0 Å². The number of nitrogens with zero attached hydrogens (tertiary/aromatic N) is 4. The molecule has 3 aromatic heterocycles. The van der Waals surface area contributed by atoms with Crippen molar-refractivity contribution in [2.45, 2.75) is 0 Å². The Morgan fingerprint density at radius 1 is 0.950 bits per heavy atom. The summed E-state index contributed by atoms with van der Waals surface area (Å²) in [5.74, 6) is 0. The summed E-state index contributed by atoms with van der Waals surface area (Å²) in [6.45, 7) is 0. The van der Waals surface area contributed by atoms with Crippen molar-refractivity contribution < 1.29 is 0 Å². The normalized spacial score (nSPS) is 11.2. The molecule has 0 unspecified atom stereocenters. The van der Waals surface area contributed by atoms with Crippen LogP contribution in [0.15, 0.2) is 53.5 Å². The third-order valence-corrected chi connectivity index (χ3v) is 3.22. The lowest BCUT2D eigenvalue weighted by Gasteiger charge is -2.08. The minimum absolute atomic E-state index is 0.230. The minimum Gasteiger partial charge on any atom is -0.266 e. The van der Waals surface area contributed by atoms with Gasteiger partial charge in [0.1, 0.15) is 11.2 Å². The van der Waals surface area contributed by atoms with E-state index in [4.69, 9.17) is 0 Å². The van der Waals surface area contributed by atoms with E-state index in [1.54, 1.807) is 10.8 Å². The Morgan fingerprint density at radius 3 is 2.60 bits per heavy atom. The van der Waals surface area contributed by atoms with Gasteiger partial charge in [0.25, 0.3) is 5.56 Å². The number of rotatable bonds is 1. The van der Waals surface area contributed by atoms with Crippen LogP contribution in [0.5, 0.6) is 0 Å². The van der Waals surface area contributed by atoms with Gasteiger partial charge in [-0.1, -0.05) is 18.2 Å². The maximum absolute atomic E-state index is 12.6. The molecule has 20 heavy (non-hydrogen) atoms. The molecule has 1 aromatic carbocycles. The monoisotopic (exact) mass is 263 g/mol. The van der Waals surface area contributed by atoms with E-state index in [1.807, 2.05) is 42.5 Å². The molecule has 0 bridgehead atoms. The van der Waals surface area contributed by atoms with E-state index in [9.17, 15) is 4.79 Å². The molecule has 1 N–H and O–H groups in total. The number of nitrogens with one attached hydrogen (secondary N) is 1. The smallest absolute Gasteiger partial charge is 0.266 e. The van der Waals surface area contributed by atoms with Crippen molar-refractivity contribution in [1.82, 2.24) is 25.0 Å². The van der Waals surface area contributed by atoms with Gasteiger partial charge in [0.2, 0.25) is 0 Å². The van der Waals surface area contributed by atoms with Gasteiger partial charge in [0, 0.05) is 11.6 Å². The first-order chi connectivity index (χ1) is 9.86. The van der Waals surface area contributed by atoms with E-state index in [2.05, 4.69) is 20.4 Å². The van der Waals surface area contributed by atoms with E-state index in [-0.39, 0.29) is 5.56 Å². The van der Waals surface area contributed by atoms with Crippen LogP contribution in [0.2, 0.25) is 0 Å². The fraction of sp³-hybridized carbons (Fsp3) is 0. The number of aromatic nitrogens is 5. The molecule has 0 fully saturated rings. The molecular formula is C14H9N5O. The number of benzene rings is 1. The number of hydrogen-bond acceptors (Lipinski definition) is 4. The zero-order valence-electron chi connectivity index (χ0n) is 10.3. The quantitative estimate of drug-likeness (QED) is 0.566. The summed E-state index contributed by atoms with van der Waals surface area (Å²) in [6, 6.07) is 13.1. The van der Waals surface area contributed by atoms with Gasteiger partial charge in [-0.05, 0) is 24.3 Å². The van der Waals surface area contributed by atoms with Crippen LogP contribution >= 0.6 is 0 Å². The summed E-state index contributed by atoms with van der Waals surface area (Å²) < 4.78 is 1.56. The van der Waals surface area contributed by atoms with Crippen molar-refractivity contribution in [3.05, 3.63) is 59.0 Å². The third-order valence-electron chi connectivity index (χ3n) is 3.22. The predicted molar refractivity (Wildman–Crippen MR) is 74.8 cm³/mol. The molecule has 0 spiro atoms. The Bertz CT molecular complexity index is 971. The second-order valence-corrected chi connectivity index (χ2v) is 4.37. The van der Waals surface area contributed by atoms with Crippen LogP contribution in [0.3, 0.4) is 0 Å². The molecule has 0 aliphatic carbocycles. The highest BCUT2D eigenvalue weighted by Crippen LogP contribution is 2.20. The number of pyridine rings is 2. The Balaban J connectivity index is 2.28. The standard InChI is InChI=1S/C14H9N5O/c20-14-12-11(16-18-17-12)10-7-4-8-15-13(10)19(14)9-5-2-1-3-6-9/h1-8H,(H,16,17,18). The lowest BCUT2D eigenvalue weighted by Crippen LogP contribution is -2.20. The predicted octanol–water partition coefficient (Wildman–Crippen LogP) is 1.66. The topological polar surface area (TPSA) is 76.5 Å². The average Bonchev–Trinajstić information content (AvgIpc) is 2.99. The molecule has 0 amide bonds. The summed E-state index contributed by atoms with van der Waals surface area (Å²) in [5, 5.41) is 11.3. The Hall–Kier alpha value is -3.02. The summed E-state index contributed by atoms with van der Waals surface area (Å²) in [5.41, 5.74) is 1.96. The van der Waals surface area contributed by atoms with Crippen LogP contribution in [-0.2, 0) is 0 Å². The lowest BCUT2D eigenvalue weighted by molar-refractivity contribution is 0.953. The first-order valence-electron chi connectivity index (χ1n) is 6.12. The number of fused-ring (bicyclic) bond motifs is 3. The largest absolute Gasteiger partial charge is 0.286 e. The molecule has 0 radical (unpaired) electrons. The highest BCUT2D eigenvalue weighted by Gasteiger charge is 2.15. The third kappa shape index (κ3) is 1.38. The van der Waals surface area contributed by atoms with Crippen molar-refractivity contribution in [3.8, 4) is 5.69 Å². The van der Waals surface area contributed by atoms with E-state index in [0.29, 0.717) is 16.7 Å². The van der Waals surface area contributed by atoms with E-state index >= 15 is 0 Å². The van der Waals surface area contributed by atoms with Crippen LogP contribution in [0.4, 0.5) is 0 Å². The molecule has 0 atom stereocenters. The van der Waals surface area contributed by atoms with Gasteiger partial charge in [-0.15, -0.1) is 0 Å². The van der Waals surface area contributed by atoms with Crippen LogP contribution in [0.25, 0.3) is 27.8 Å². The Morgan fingerprint density at radius 2 is 1.75 bits per heavy atom. The van der Waals surface area contributed by atoms with Gasteiger partial charge in [-0.25, -0.2) is 4.98 Å². The van der Waals surface area contributed by atoms with Crippen LogP contribution in [-0.4, -0.2) is 25.0 Å². The Kier molecular flexibility index (Phi) is 2.17. The molecular weight excluding hydrogens is 254 g/mol. The van der Waals surface area contributed by atoms with Crippen molar-refractivity contribution in [2.24, 2.45) is 0 Å². The molecule has 4 aromatic rings. The fourth-order valence-corrected chi connectivity index (χ4v) is 2.35. The van der Waals surface area contributed by atoms with Crippen molar-refractivity contribution in [1.29, 1.82) is 0 Å². The summed E-state index contributed by atoms with van der Waals surface area (Å²) in [6.07, 6.45) is 1.66. The summed E-state index contributed by atoms with van der Waals surface area (Å²) in [4.78, 5) is 16.9. The van der Waals surface area contributed by atoms with Crippen molar-refractivity contribution >= 4 is 22.1 Å². The summed E-state index contributed by atoms with van der Waals surface area (Å²) in [7, 11) is 0.